The van der Waals surface area contributed by atoms with Gasteiger partial charge in [-0.1, -0.05) is 52.9 Å². The van der Waals surface area contributed by atoms with Crippen molar-refractivity contribution in [1.29, 1.82) is 0 Å². The summed E-state index contributed by atoms with van der Waals surface area (Å²) in [4.78, 5) is 24.1. The van der Waals surface area contributed by atoms with Crippen molar-refractivity contribution in [3.63, 3.8) is 0 Å². The van der Waals surface area contributed by atoms with E-state index in [2.05, 4.69) is 13.8 Å². The number of rotatable bonds is 12. The van der Waals surface area contributed by atoms with E-state index in [0.29, 0.717) is 17.7 Å². The number of hydrogen-bond acceptors (Lipinski definition) is 4. The molecule has 1 atom stereocenters. The summed E-state index contributed by atoms with van der Waals surface area (Å²) in [5.74, 6) is -0.677. The molecule has 0 N–H and O–H groups in total. The van der Waals surface area contributed by atoms with Gasteiger partial charge in [0.05, 0.1) is 17.7 Å². The maximum Gasteiger partial charge on any atom is 0.338 e. The molecule has 1 rings (SSSR count). The number of unbranched alkanes of at least 4 members (excludes halogenated alkanes) is 4. The molecule has 0 aliphatic rings. The second-order valence-electron chi connectivity index (χ2n) is 6.35. The van der Waals surface area contributed by atoms with Crippen molar-refractivity contribution in [3.8, 4) is 0 Å². The van der Waals surface area contributed by atoms with E-state index in [1.54, 1.807) is 24.3 Å². The number of carbonyl (C=O) groups is 2. The van der Waals surface area contributed by atoms with E-state index in [4.69, 9.17) is 9.47 Å². The molecule has 1 aromatic carbocycles. The molecule has 4 nitrogen and oxygen atoms in total. The van der Waals surface area contributed by atoms with E-state index in [0.717, 1.165) is 32.1 Å². The third kappa shape index (κ3) is 8.19. The minimum Gasteiger partial charge on any atom is -0.462 e. The second-order valence-corrected chi connectivity index (χ2v) is 6.35. The van der Waals surface area contributed by atoms with Gasteiger partial charge in [0.15, 0.2) is 0 Å². The molecule has 0 spiro atoms. The summed E-state index contributed by atoms with van der Waals surface area (Å²) in [6.07, 6.45) is 8.20. The van der Waals surface area contributed by atoms with Crippen molar-refractivity contribution in [2.45, 2.75) is 78.2 Å². The largest absolute Gasteiger partial charge is 0.462 e. The fourth-order valence-electron chi connectivity index (χ4n) is 2.58. The van der Waals surface area contributed by atoms with Crippen LogP contribution in [0.1, 0.15) is 92.9 Å². The summed E-state index contributed by atoms with van der Waals surface area (Å²) >= 11 is 0. The predicted octanol–water partition coefficient (Wildman–Crippen LogP) is 5.55. The first-order chi connectivity index (χ1) is 12.1. The molecule has 0 radical (unpaired) electrons. The van der Waals surface area contributed by atoms with E-state index in [1.165, 1.54) is 19.3 Å². The van der Waals surface area contributed by atoms with Gasteiger partial charge < -0.3 is 9.47 Å². The summed E-state index contributed by atoms with van der Waals surface area (Å²) in [5, 5.41) is 0. The Morgan fingerprint density at radius 1 is 0.840 bits per heavy atom. The van der Waals surface area contributed by atoms with Gasteiger partial charge >= 0.3 is 11.9 Å². The van der Waals surface area contributed by atoms with Crippen LogP contribution in [0.15, 0.2) is 24.3 Å². The molecule has 0 aromatic heterocycles. The lowest BCUT2D eigenvalue weighted by Gasteiger charge is -2.15. The Balaban J connectivity index is 2.44. The summed E-state index contributed by atoms with van der Waals surface area (Å²) in [7, 11) is 0. The Morgan fingerprint density at radius 2 is 1.44 bits per heavy atom. The van der Waals surface area contributed by atoms with Crippen LogP contribution in [0, 0.1) is 0 Å². The zero-order valence-corrected chi connectivity index (χ0v) is 15.9. The molecule has 0 aliphatic heterocycles. The van der Waals surface area contributed by atoms with Crippen LogP contribution in [0.25, 0.3) is 0 Å². The fourth-order valence-corrected chi connectivity index (χ4v) is 2.58. The van der Waals surface area contributed by atoms with Gasteiger partial charge in [-0.3, -0.25) is 0 Å². The van der Waals surface area contributed by atoms with Crippen LogP contribution in [-0.4, -0.2) is 24.6 Å². The lowest BCUT2D eigenvalue weighted by atomic mass is 10.1. The highest BCUT2D eigenvalue weighted by Gasteiger charge is 2.15. The van der Waals surface area contributed by atoms with Crippen molar-refractivity contribution >= 4 is 11.9 Å². The lowest BCUT2D eigenvalue weighted by Crippen LogP contribution is -2.17. The SMILES string of the molecule is CCCCCCCOC(=O)c1ccc(C(=O)OC(CC)CCC)cc1. The second kappa shape index (κ2) is 12.5. The summed E-state index contributed by atoms with van der Waals surface area (Å²) in [6, 6.07) is 6.49. The van der Waals surface area contributed by atoms with E-state index >= 15 is 0 Å². The van der Waals surface area contributed by atoms with E-state index in [1.807, 2.05) is 6.92 Å². The molecule has 0 aliphatic carbocycles. The number of carbonyl (C=O) groups excluding carboxylic acids is 2. The van der Waals surface area contributed by atoms with Gasteiger partial charge in [0.1, 0.15) is 6.10 Å². The molecular weight excluding hydrogens is 316 g/mol. The maximum atomic E-state index is 12.1. The first-order valence-electron chi connectivity index (χ1n) is 9.60. The lowest BCUT2D eigenvalue weighted by molar-refractivity contribution is 0.0270. The van der Waals surface area contributed by atoms with Crippen molar-refractivity contribution in [2.24, 2.45) is 0 Å². The standard InChI is InChI=1S/C21H32O4/c1-4-7-8-9-10-16-24-20(22)17-12-14-18(15-13-17)21(23)25-19(6-3)11-5-2/h12-15,19H,4-11,16H2,1-3H3. The van der Waals surface area contributed by atoms with Gasteiger partial charge in [0, 0.05) is 0 Å². The van der Waals surface area contributed by atoms with Crippen LogP contribution >= 0.6 is 0 Å². The monoisotopic (exact) mass is 348 g/mol. The van der Waals surface area contributed by atoms with Gasteiger partial charge in [0.25, 0.3) is 0 Å². The Morgan fingerprint density at radius 3 is 2.00 bits per heavy atom. The fraction of sp³-hybridized carbons (Fsp3) is 0.619. The minimum absolute atomic E-state index is 0.0464. The summed E-state index contributed by atoms with van der Waals surface area (Å²) < 4.78 is 10.8. The minimum atomic E-state index is -0.340. The third-order valence-corrected chi connectivity index (χ3v) is 4.18. The van der Waals surface area contributed by atoms with Crippen LogP contribution in [0.5, 0.6) is 0 Å². The molecule has 1 aromatic rings. The molecule has 0 amide bonds. The van der Waals surface area contributed by atoms with Crippen LogP contribution in [-0.2, 0) is 9.47 Å². The average molecular weight is 348 g/mol. The third-order valence-electron chi connectivity index (χ3n) is 4.18. The normalized spacial score (nSPS) is 11.8. The zero-order valence-electron chi connectivity index (χ0n) is 15.9. The average Bonchev–Trinajstić information content (AvgIpc) is 2.64. The number of hydrogen-bond donors (Lipinski definition) is 0. The highest BCUT2D eigenvalue weighted by molar-refractivity contribution is 5.93. The Bertz CT molecular complexity index is 507. The molecule has 0 saturated heterocycles. The molecule has 0 saturated carbocycles. The van der Waals surface area contributed by atoms with Crippen molar-refractivity contribution < 1.29 is 19.1 Å². The zero-order chi connectivity index (χ0) is 18.5. The van der Waals surface area contributed by atoms with E-state index < -0.39 is 0 Å². The highest BCUT2D eigenvalue weighted by atomic mass is 16.5. The molecule has 4 heteroatoms. The number of esters is 2. The molecule has 0 heterocycles. The van der Waals surface area contributed by atoms with Crippen LogP contribution in [0.2, 0.25) is 0 Å². The molecule has 0 fully saturated rings. The summed E-state index contributed by atoms with van der Waals surface area (Å²) in [5.41, 5.74) is 0.927. The van der Waals surface area contributed by atoms with Crippen LogP contribution in [0.4, 0.5) is 0 Å². The van der Waals surface area contributed by atoms with Crippen molar-refractivity contribution in [3.05, 3.63) is 35.4 Å². The Labute approximate surface area is 151 Å². The maximum absolute atomic E-state index is 12.1. The van der Waals surface area contributed by atoms with Crippen LogP contribution < -0.4 is 0 Å². The Hall–Kier alpha value is -1.84. The van der Waals surface area contributed by atoms with Crippen molar-refractivity contribution in [1.82, 2.24) is 0 Å². The summed E-state index contributed by atoms with van der Waals surface area (Å²) in [6.45, 7) is 6.70. The first kappa shape index (κ1) is 21.2. The topological polar surface area (TPSA) is 52.6 Å². The van der Waals surface area contributed by atoms with Gasteiger partial charge in [-0.25, -0.2) is 9.59 Å². The van der Waals surface area contributed by atoms with Gasteiger partial charge in [-0.2, -0.15) is 0 Å². The molecule has 140 valence electrons. The highest BCUT2D eigenvalue weighted by Crippen LogP contribution is 2.13. The van der Waals surface area contributed by atoms with Gasteiger partial charge in [-0.15, -0.1) is 0 Å². The van der Waals surface area contributed by atoms with E-state index in [-0.39, 0.29) is 18.0 Å². The van der Waals surface area contributed by atoms with Gasteiger partial charge in [-0.05, 0) is 43.5 Å². The molecule has 1 unspecified atom stereocenters. The van der Waals surface area contributed by atoms with Crippen molar-refractivity contribution in [2.75, 3.05) is 6.61 Å². The predicted molar refractivity (Wildman–Crippen MR) is 99.9 cm³/mol. The van der Waals surface area contributed by atoms with E-state index in [9.17, 15) is 9.59 Å². The smallest absolute Gasteiger partial charge is 0.338 e. The number of ether oxygens (including phenoxy) is 2. The van der Waals surface area contributed by atoms with Crippen LogP contribution in [0.3, 0.4) is 0 Å². The molecular formula is C21H32O4. The first-order valence-corrected chi connectivity index (χ1v) is 9.60. The molecule has 0 bridgehead atoms. The molecule has 25 heavy (non-hydrogen) atoms. The Kier molecular flexibility index (Phi) is 10.6. The van der Waals surface area contributed by atoms with Gasteiger partial charge in [0.2, 0.25) is 0 Å². The number of benzene rings is 1. The quantitative estimate of drug-likeness (QED) is 0.367.